The number of nitrogens with zero attached hydrogens (tertiary/aromatic N) is 1. The number of hydrogen-bond acceptors (Lipinski definition) is 8. The summed E-state index contributed by atoms with van der Waals surface area (Å²) >= 11 is 6.16. The predicted octanol–water partition coefficient (Wildman–Crippen LogP) is 3.80. The summed E-state index contributed by atoms with van der Waals surface area (Å²) < 4.78 is 0.703. The Labute approximate surface area is 198 Å². The van der Waals surface area contributed by atoms with Crippen LogP contribution in [0.2, 0.25) is 0 Å². The molecular formula is C22H15Br2NO7. The van der Waals surface area contributed by atoms with Gasteiger partial charge in [0.2, 0.25) is 17.3 Å². The molecule has 0 radical (unpaired) electrons. The minimum atomic E-state index is -0.839. The molecule has 0 saturated heterocycles. The second-order valence-corrected chi connectivity index (χ2v) is 8.69. The summed E-state index contributed by atoms with van der Waals surface area (Å²) in [6, 6.07) is 6.02. The molecule has 8 nitrogen and oxygen atoms in total. The van der Waals surface area contributed by atoms with Crippen molar-refractivity contribution in [3.63, 3.8) is 0 Å². The van der Waals surface area contributed by atoms with E-state index in [9.17, 15) is 34.5 Å². The quantitative estimate of drug-likeness (QED) is 0.446. The van der Waals surface area contributed by atoms with Crippen molar-refractivity contribution in [3.8, 4) is 11.5 Å². The van der Waals surface area contributed by atoms with Gasteiger partial charge < -0.3 is 20.2 Å². The molecule has 2 aliphatic carbocycles. The van der Waals surface area contributed by atoms with Gasteiger partial charge in [-0.15, -0.1) is 0 Å². The molecule has 164 valence electrons. The van der Waals surface area contributed by atoms with E-state index < -0.39 is 11.6 Å². The van der Waals surface area contributed by atoms with E-state index in [4.69, 9.17) is 0 Å². The number of likely N-dealkylation sites (N-methyl/N-ethyl adjacent to an activating group) is 1. The van der Waals surface area contributed by atoms with E-state index in [1.807, 2.05) is 0 Å². The third-order valence-corrected chi connectivity index (χ3v) is 6.01. The lowest BCUT2D eigenvalue weighted by Crippen LogP contribution is -2.26. The zero-order valence-electron chi connectivity index (χ0n) is 16.6. The second kappa shape index (κ2) is 8.71. The normalized spacial score (nSPS) is 14.6. The SMILES string of the molecule is CN(C)C1=CC(=O)c2ccc(Br)c(O)c2C1=O.O=C1C=C(O)c2ccc(Br)c(O)c2C1=O. The summed E-state index contributed by atoms with van der Waals surface area (Å²) in [5.41, 5.74) is 0.586. The first-order valence-electron chi connectivity index (χ1n) is 8.96. The molecule has 2 aromatic rings. The summed E-state index contributed by atoms with van der Waals surface area (Å²) in [5.74, 6) is -3.10. The maximum atomic E-state index is 12.1. The van der Waals surface area contributed by atoms with Gasteiger partial charge in [-0.1, -0.05) is 0 Å². The first-order chi connectivity index (χ1) is 15.0. The van der Waals surface area contributed by atoms with Gasteiger partial charge in [0.1, 0.15) is 17.3 Å². The van der Waals surface area contributed by atoms with E-state index >= 15 is 0 Å². The predicted molar refractivity (Wildman–Crippen MR) is 122 cm³/mol. The summed E-state index contributed by atoms with van der Waals surface area (Å²) in [6.07, 6.45) is 2.13. The van der Waals surface area contributed by atoms with Gasteiger partial charge in [-0.25, -0.2) is 0 Å². The number of phenols is 2. The van der Waals surface area contributed by atoms with Crippen molar-refractivity contribution in [2.24, 2.45) is 0 Å². The van der Waals surface area contributed by atoms with Crippen LogP contribution in [0.25, 0.3) is 5.76 Å². The van der Waals surface area contributed by atoms with E-state index in [2.05, 4.69) is 31.9 Å². The van der Waals surface area contributed by atoms with Crippen molar-refractivity contribution in [1.82, 2.24) is 4.90 Å². The molecule has 2 aliphatic rings. The van der Waals surface area contributed by atoms with Gasteiger partial charge in [0, 0.05) is 37.4 Å². The third kappa shape index (κ3) is 3.98. The molecule has 0 bridgehead atoms. The van der Waals surface area contributed by atoms with Gasteiger partial charge in [-0.05, 0) is 56.1 Å². The highest BCUT2D eigenvalue weighted by Gasteiger charge is 2.31. The molecule has 0 heterocycles. The van der Waals surface area contributed by atoms with Gasteiger partial charge >= 0.3 is 0 Å². The van der Waals surface area contributed by atoms with Crippen molar-refractivity contribution in [1.29, 1.82) is 0 Å². The Morgan fingerprint density at radius 2 is 1.19 bits per heavy atom. The maximum Gasteiger partial charge on any atom is 0.237 e. The number of ketones is 4. The van der Waals surface area contributed by atoms with Crippen molar-refractivity contribution >= 4 is 60.8 Å². The molecule has 0 amide bonds. The Kier molecular flexibility index (Phi) is 6.38. The van der Waals surface area contributed by atoms with Gasteiger partial charge in [0.25, 0.3) is 0 Å². The van der Waals surface area contributed by atoms with Crippen LogP contribution in [0, 0.1) is 0 Å². The highest BCUT2D eigenvalue weighted by Crippen LogP contribution is 2.36. The Balaban J connectivity index is 0.000000182. The molecule has 3 N–H and O–H groups in total. The first kappa shape index (κ1) is 23.4. The molecule has 0 aromatic heterocycles. The zero-order valence-corrected chi connectivity index (χ0v) is 19.8. The number of aliphatic hydroxyl groups is 1. The molecule has 10 heteroatoms. The minimum Gasteiger partial charge on any atom is -0.507 e. The fourth-order valence-corrected chi connectivity index (χ4v) is 3.79. The largest absolute Gasteiger partial charge is 0.507 e. The number of phenolic OH excluding ortho intramolecular Hbond substituents is 2. The van der Waals surface area contributed by atoms with E-state index in [1.54, 1.807) is 25.1 Å². The smallest absolute Gasteiger partial charge is 0.237 e. The number of aliphatic hydroxyl groups excluding tert-OH is 1. The molecule has 0 fully saturated rings. The van der Waals surface area contributed by atoms with Gasteiger partial charge in [0.05, 0.1) is 25.8 Å². The molecule has 0 aliphatic heterocycles. The highest BCUT2D eigenvalue weighted by molar-refractivity contribution is 9.10. The molecule has 2 aromatic carbocycles. The maximum absolute atomic E-state index is 12.1. The molecule has 0 spiro atoms. The minimum absolute atomic E-state index is 0.0653. The monoisotopic (exact) mass is 563 g/mol. The summed E-state index contributed by atoms with van der Waals surface area (Å²) in [4.78, 5) is 48.1. The number of fused-ring (bicyclic) bond motifs is 2. The van der Waals surface area contributed by atoms with Crippen LogP contribution in [0.1, 0.15) is 36.6 Å². The highest BCUT2D eigenvalue weighted by atomic mass is 79.9. The number of halogens is 2. The average molecular weight is 565 g/mol. The third-order valence-electron chi connectivity index (χ3n) is 4.73. The fourth-order valence-electron chi connectivity index (χ4n) is 3.13. The molecule has 32 heavy (non-hydrogen) atoms. The Hall–Kier alpha value is -3.24. The number of carbonyl (C=O) groups excluding carboxylic acids is 4. The molecule has 0 saturated carbocycles. The van der Waals surface area contributed by atoms with Crippen LogP contribution in [-0.2, 0) is 4.79 Å². The van der Waals surface area contributed by atoms with Crippen molar-refractivity contribution in [2.45, 2.75) is 0 Å². The summed E-state index contributed by atoms with van der Waals surface area (Å²) in [6.45, 7) is 0. The van der Waals surface area contributed by atoms with Crippen LogP contribution >= 0.6 is 31.9 Å². The average Bonchev–Trinajstić information content (AvgIpc) is 2.73. The molecule has 4 rings (SSSR count). The van der Waals surface area contributed by atoms with Crippen LogP contribution in [0.5, 0.6) is 11.5 Å². The van der Waals surface area contributed by atoms with E-state index in [0.29, 0.717) is 8.95 Å². The van der Waals surface area contributed by atoms with Crippen LogP contribution in [-0.4, -0.2) is 57.4 Å². The number of Topliss-reactive ketones (excluding diaryl/α,β-unsaturated/α-hetero) is 2. The van der Waals surface area contributed by atoms with Crippen LogP contribution in [0.3, 0.4) is 0 Å². The Morgan fingerprint density at radius 3 is 1.72 bits per heavy atom. The van der Waals surface area contributed by atoms with E-state index in [-0.39, 0.29) is 56.8 Å². The zero-order chi connectivity index (χ0) is 23.9. The fraction of sp³-hybridized carbons (Fsp3) is 0.0909. The number of allylic oxidation sites excluding steroid dienone is 3. The lowest BCUT2D eigenvalue weighted by atomic mass is 9.91. The number of aromatic hydroxyl groups is 2. The lowest BCUT2D eigenvalue weighted by Gasteiger charge is -2.21. The van der Waals surface area contributed by atoms with Crippen molar-refractivity contribution < 1.29 is 34.5 Å². The summed E-state index contributed by atoms with van der Waals surface area (Å²) in [7, 11) is 3.36. The van der Waals surface area contributed by atoms with Crippen LogP contribution in [0.4, 0.5) is 0 Å². The van der Waals surface area contributed by atoms with Crippen molar-refractivity contribution in [3.05, 3.63) is 73.3 Å². The Bertz CT molecular complexity index is 1280. The number of benzene rings is 2. The van der Waals surface area contributed by atoms with E-state index in [1.165, 1.54) is 24.3 Å². The first-order valence-corrected chi connectivity index (χ1v) is 10.5. The standard InChI is InChI=1S/C12H10BrNO3.C10H5BrO4/c1-14(2)8-5-9(15)6-3-4-7(13)11(16)10(6)12(8)17;11-5-2-1-4-6(12)3-7(13)10(15)8(4)9(5)14/h3-5,16H,1-2H3;1-3,12,14H. The summed E-state index contributed by atoms with van der Waals surface area (Å²) in [5, 5.41) is 28.9. The second-order valence-electron chi connectivity index (χ2n) is 6.98. The van der Waals surface area contributed by atoms with Crippen LogP contribution in [0.15, 0.2) is 51.1 Å². The number of hydrogen-bond donors (Lipinski definition) is 3. The molecule has 0 unspecified atom stereocenters. The molecular weight excluding hydrogens is 550 g/mol. The molecule has 0 atom stereocenters. The van der Waals surface area contributed by atoms with Gasteiger partial charge in [-0.3, -0.25) is 19.2 Å². The van der Waals surface area contributed by atoms with E-state index in [0.717, 1.165) is 6.08 Å². The number of carbonyl (C=O) groups is 4. The van der Waals surface area contributed by atoms with Crippen molar-refractivity contribution in [2.75, 3.05) is 14.1 Å². The topological polar surface area (TPSA) is 132 Å². The lowest BCUT2D eigenvalue weighted by molar-refractivity contribution is -0.111. The number of rotatable bonds is 1. The van der Waals surface area contributed by atoms with Gasteiger partial charge in [0.15, 0.2) is 5.78 Å². The van der Waals surface area contributed by atoms with Gasteiger partial charge in [-0.2, -0.15) is 0 Å². The van der Waals surface area contributed by atoms with Crippen LogP contribution < -0.4 is 0 Å². The Morgan fingerprint density at radius 1 is 0.688 bits per heavy atom.